The van der Waals surface area contributed by atoms with Gasteiger partial charge in [-0.25, -0.2) is 4.98 Å². The van der Waals surface area contributed by atoms with Crippen LogP contribution in [0.25, 0.3) is 5.65 Å². The lowest BCUT2D eigenvalue weighted by molar-refractivity contribution is 0.143. The molecule has 0 aromatic carbocycles. The lowest BCUT2D eigenvalue weighted by Crippen LogP contribution is -2.48. The van der Waals surface area contributed by atoms with Crippen molar-refractivity contribution in [1.29, 1.82) is 0 Å². The number of fused-ring (bicyclic) bond motifs is 1. The monoisotopic (exact) mass is 232 g/mol. The van der Waals surface area contributed by atoms with E-state index in [-0.39, 0.29) is 12.1 Å². The van der Waals surface area contributed by atoms with Gasteiger partial charge in [-0.1, -0.05) is 0 Å². The molecule has 2 aromatic rings. The van der Waals surface area contributed by atoms with Crippen LogP contribution in [-0.4, -0.2) is 31.9 Å². The summed E-state index contributed by atoms with van der Waals surface area (Å²) in [4.78, 5) is 4.19. The molecule has 5 heteroatoms. The highest BCUT2D eigenvalue weighted by Gasteiger charge is 2.36. The van der Waals surface area contributed by atoms with Crippen LogP contribution in [0.1, 0.15) is 24.8 Å². The average molecular weight is 232 g/mol. The lowest BCUT2D eigenvalue weighted by atomic mass is 9.77. The molecular formula is C12H16N4O. The molecule has 17 heavy (non-hydrogen) atoms. The highest BCUT2D eigenvalue weighted by molar-refractivity contribution is 5.52. The third-order valence-electron chi connectivity index (χ3n) is 3.53. The summed E-state index contributed by atoms with van der Waals surface area (Å²) in [7, 11) is 0. The van der Waals surface area contributed by atoms with Crippen LogP contribution < -0.4 is 5.32 Å². The first-order valence-corrected chi connectivity index (χ1v) is 5.92. The predicted octanol–water partition coefficient (Wildman–Crippen LogP) is 1.36. The summed E-state index contributed by atoms with van der Waals surface area (Å²) in [6.07, 6.45) is 4.73. The highest BCUT2D eigenvalue weighted by Crippen LogP contribution is 2.34. The second kappa shape index (κ2) is 3.70. The molecule has 2 N–H and O–H groups in total. The first-order chi connectivity index (χ1) is 8.22. The third-order valence-corrected chi connectivity index (χ3v) is 3.53. The van der Waals surface area contributed by atoms with Crippen molar-refractivity contribution < 1.29 is 5.11 Å². The number of rotatable bonds is 3. The van der Waals surface area contributed by atoms with Crippen molar-refractivity contribution >= 4 is 11.5 Å². The van der Waals surface area contributed by atoms with E-state index in [0.717, 1.165) is 29.9 Å². The first-order valence-electron chi connectivity index (χ1n) is 5.92. The van der Waals surface area contributed by atoms with Crippen molar-refractivity contribution in [2.24, 2.45) is 0 Å². The molecule has 1 aliphatic carbocycles. The fourth-order valence-electron chi connectivity index (χ4n) is 2.34. The minimum absolute atomic E-state index is 0.160. The molecule has 1 aliphatic rings. The van der Waals surface area contributed by atoms with Gasteiger partial charge in [0.25, 0.3) is 0 Å². The number of aliphatic hydroxyl groups excluding tert-OH is 1. The highest BCUT2D eigenvalue weighted by atomic mass is 16.3. The van der Waals surface area contributed by atoms with Gasteiger partial charge < -0.3 is 10.4 Å². The molecule has 2 heterocycles. The Morgan fingerprint density at radius 2 is 2.29 bits per heavy atom. The Bertz CT molecular complexity index is 539. The molecule has 2 aromatic heterocycles. The maximum Gasteiger partial charge on any atom is 0.157 e. The molecule has 0 unspecified atom stereocenters. The fourth-order valence-corrected chi connectivity index (χ4v) is 2.34. The van der Waals surface area contributed by atoms with Gasteiger partial charge in [-0.2, -0.15) is 9.61 Å². The van der Waals surface area contributed by atoms with E-state index in [1.54, 1.807) is 10.8 Å². The zero-order valence-corrected chi connectivity index (χ0v) is 9.85. The molecule has 0 aliphatic heterocycles. The van der Waals surface area contributed by atoms with Gasteiger partial charge in [0.15, 0.2) is 5.65 Å². The normalized spacial score (nSPS) is 18.0. The topological polar surface area (TPSA) is 62.5 Å². The van der Waals surface area contributed by atoms with Crippen molar-refractivity contribution in [3.05, 3.63) is 24.0 Å². The molecule has 0 radical (unpaired) electrons. The van der Waals surface area contributed by atoms with E-state index < -0.39 is 0 Å². The van der Waals surface area contributed by atoms with Crippen LogP contribution in [0.15, 0.2) is 18.5 Å². The van der Waals surface area contributed by atoms with Crippen LogP contribution in [0.2, 0.25) is 0 Å². The van der Waals surface area contributed by atoms with Crippen molar-refractivity contribution in [3.63, 3.8) is 0 Å². The molecule has 0 atom stereocenters. The lowest BCUT2D eigenvalue weighted by Gasteiger charge is -2.41. The van der Waals surface area contributed by atoms with Crippen LogP contribution in [0.5, 0.6) is 0 Å². The van der Waals surface area contributed by atoms with E-state index in [1.807, 2.05) is 19.1 Å². The second-order valence-electron chi connectivity index (χ2n) is 4.86. The number of aliphatic hydroxyl groups is 1. The number of hydrogen-bond donors (Lipinski definition) is 2. The molecule has 5 nitrogen and oxygen atoms in total. The summed E-state index contributed by atoms with van der Waals surface area (Å²) in [6, 6.07) is 4.03. The summed E-state index contributed by atoms with van der Waals surface area (Å²) < 4.78 is 1.78. The zero-order chi connectivity index (χ0) is 11.9. The van der Waals surface area contributed by atoms with Gasteiger partial charge in [0.2, 0.25) is 0 Å². The molecule has 1 saturated carbocycles. The third kappa shape index (κ3) is 1.67. The van der Waals surface area contributed by atoms with Gasteiger partial charge in [-0.05, 0) is 43.9 Å². The Kier molecular flexibility index (Phi) is 2.29. The maximum atomic E-state index is 9.48. The predicted molar refractivity (Wildman–Crippen MR) is 65.0 cm³/mol. The summed E-state index contributed by atoms with van der Waals surface area (Å²) in [5, 5.41) is 17.1. The Morgan fingerprint density at radius 1 is 1.47 bits per heavy atom. The SMILES string of the molecule is Cc1cc(NC2(CO)CCC2)n2ncnc2c1. The van der Waals surface area contributed by atoms with Crippen LogP contribution >= 0.6 is 0 Å². The number of aromatic nitrogens is 3. The average Bonchev–Trinajstić information content (AvgIpc) is 2.71. The first kappa shape index (κ1) is 10.5. The number of anilines is 1. The van der Waals surface area contributed by atoms with Gasteiger partial charge >= 0.3 is 0 Å². The van der Waals surface area contributed by atoms with E-state index in [1.165, 1.54) is 6.42 Å². The van der Waals surface area contributed by atoms with E-state index >= 15 is 0 Å². The standard InChI is InChI=1S/C12H16N4O/c1-9-5-10-13-8-14-16(10)11(6-9)15-12(7-17)3-2-4-12/h5-6,8,15,17H,2-4,7H2,1H3. The molecule has 1 fully saturated rings. The van der Waals surface area contributed by atoms with E-state index in [0.29, 0.717) is 0 Å². The Hall–Kier alpha value is -1.62. The summed E-state index contributed by atoms with van der Waals surface area (Å²) in [6.45, 7) is 2.20. The number of pyridine rings is 1. The van der Waals surface area contributed by atoms with E-state index in [2.05, 4.69) is 15.4 Å². The van der Waals surface area contributed by atoms with Crippen LogP contribution in [0, 0.1) is 6.92 Å². The van der Waals surface area contributed by atoms with Crippen LogP contribution in [-0.2, 0) is 0 Å². The largest absolute Gasteiger partial charge is 0.394 e. The summed E-state index contributed by atoms with van der Waals surface area (Å²) >= 11 is 0. The van der Waals surface area contributed by atoms with Crippen molar-refractivity contribution in [2.45, 2.75) is 31.7 Å². The van der Waals surface area contributed by atoms with Crippen molar-refractivity contribution in [1.82, 2.24) is 14.6 Å². The summed E-state index contributed by atoms with van der Waals surface area (Å²) in [5.74, 6) is 0.909. The molecule has 0 spiro atoms. The van der Waals surface area contributed by atoms with Gasteiger partial charge in [0.05, 0.1) is 12.1 Å². The zero-order valence-electron chi connectivity index (χ0n) is 9.85. The Labute approximate surface area is 99.5 Å². The van der Waals surface area contributed by atoms with Crippen LogP contribution in [0.3, 0.4) is 0 Å². The fraction of sp³-hybridized carbons (Fsp3) is 0.500. The Morgan fingerprint density at radius 3 is 2.94 bits per heavy atom. The van der Waals surface area contributed by atoms with Gasteiger partial charge in [0, 0.05) is 0 Å². The minimum Gasteiger partial charge on any atom is -0.394 e. The molecular weight excluding hydrogens is 216 g/mol. The minimum atomic E-state index is -0.160. The van der Waals surface area contributed by atoms with Crippen LogP contribution in [0.4, 0.5) is 5.82 Å². The Balaban J connectivity index is 2.01. The molecule has 0 saturated heterocycles. The van der Waals surface area contributed by atoms with E-state index in [4.69, 9.17) is 0 Å². The van der Waals surface area contributed by atoms with Crippen molar-refractivity contribution in [2.75, 3.05) is 11.9 Å². The molecule has 90 valence electrons. The second-order valence-corrected chi connectivity index (χ2v) is 4.86. The maximum absolute atomic E-state index is 9.48. The molecule has 3 rings (SSSR count). The molecule has 0 bridgehead atoms. The number of hydrogen-bond acceptors (Lipinski definition) is 4. The van der Waals surface area contributed by atoms with Gasteiger partial charge in [0.1, 0.15) is 12.1 Å². The smallest absolute Gasteiger partial charge is 0.157 e. The summed E-state index contributed by atoms with van der Waals surface area (Å²) in [5.41, 5.74) is 1.81. The van der Waals surface area contributed by atoms with Crippen molar-refractivity contribution in [3.8, 4) is 0 Å². The number of aryl methyl sites for hydroxylation is 1. The van der Waals surface area contributed by atoms with Gasteiger partial charge in [-0.3, -0.25) is 0 Å². The van der Waals surface area contributed by atoms with Gasteiger partial charge in [-0.15, -0.1) is 0 Å². The quantitative estimate of drug-likeness (QED) is 0.839. The molecule has 0 amide bonds. The van der Waals surface area contributed by atoms with E-state index in [9.17, 15) is 5.11 Å². The number of nitrogens with one attached hydrogen (secondary N) is 1. The number of nitrogens with zero attached hydrogens (tertiary/aromatic N) is 3.